The highest BCUT2D eigenvalue weighted by Crippen LogP contribution is 2.04. The summed E-state index contributed by atoms with van der Waals surface area (Å²) in [5, 5.41) is 2.20. The van der Waals surface area contributed by atoms with Crippen molar-refractivity contribution in [1.29, 1.82) is 0 Å². The van der Waals surface area contributed by atoms with Crippen LogP contribution < -0.4 is 5.43 Å². The fraction of sp³-hybridized carbons (Fsp3) is 0.857. The Kier molecular flexibility index (Phi) is 3.22. The van der Waals surface area contributed by atoms with Crippen LogP contribution in [-0.2, 0) is 0 Å². The van der Waals surface area contributed by atoms with Gasteiger partial charge in [0.05, 0.1) is 6.34 Å². The summed E-state index contributed by atoms with van der Waals surface area (Å²) in [4.78, 5) is 3.85. The van der Waals surface area contributed by atoms with Gasteiger partial charge in [0, 0.05) is 20.1 Å². The first kappa shape index (κ1) is 7.54. The van der Waals surface area contributed by atoms with Crippen molar-refractivity contribution in [2.24, 2.45) is 4.99 Å². The molecule has 0 saturated carbocycles. The van der Waals surface area contributed by atoms with E-state index >= 15 is 0 Å². The van der Waals surface area contributed by atoms with E-state index in [1.807, 2.05) is 0 Å². The van der Waals surface area contributed by atoms with Crippen molar-refractivity contribution in [3.8, 4) is 0 Å². The molecule has 0 spiro atoms. The molecule has 1 aliphatic heterocycles. The molecule has 3 nitrogen and oxygen atoms in total. The van der Waals surface area contributed by atoms with Gasteiger partial charge in [-0.2, -0.15) is 0 Å². The summed E-state index contributed by atoms with van der Waals surface area (Å²) < 4.78 is 0. The van der Waals surface area contributed by atoms with Crippen molar-refractivity contribution in [3.63, 3.8) is 0 Å². The van der Waals surface area contributed by atoms with Crippen LogP contribution in [0.2, 0.25) is 0 Å². The molecule has 10 heavy (non-hydrogen) atoms. The topological polar surface area (TPSA) is 27.6 Å². The molecule has 1 saturated heterocycles. The molecule has 1 N–H and O–H groups in total. The normalized spacial score (nSPS) is 21.7. The third-order valence-electron chi connectivity index (χ3n) is 1.73. The van der Waals surface area contributed by atoms with Crippen molar-refractivity contribution >= 4 is 6.34 Å². The molecule has 0 amide bonds. The summed E-state index contributed by atoms with van der Waals surface area (Å²) in [6, 6.07) is 0. The molecule has 0 aromatic carbocycles. The second-order valence-corrected chi connectivity index (χ2v) is 2.56. The molecule has 0 aliphatic carbocycles. The minimum Gasteiger partial charge on any atom is -0.310 e. The Balaban J connectivity index is 2.13. The Morgan fingerprint density at radius 2 is 2.00 bits per heavy atom. The number of nitrogens with zero attached hydrogens (tertiary/aromatic N) is 2. The van der Waals surface area contributed by atoms with Crippen LogP contribution in [0.4, 0.5) is 0 Å². The van der Waals surface area contributed by atoms with Crippen molar-refractivity contribution in [1.82, 2.24) is 10.4 Å². The van der Waals surface area contributed by atoms with Gasteiger partial charge in [-0.3, -0.25) is 4.99 Å². The first-order valence-electron chi connectivity index (χ1n) is 3.85. The number of hydrazine groups is 1. The maximum Gasteiger partial charge on any atom is 0.0964 e. The van der Waals surface area contributed by atoms with E-state index in [0.29, 0.717) is 0 Å². The van der Waals surface area contributed by atoms with Crippen LogP contribution in [-0.4, -0.2) is 31.5 Å². The zero-order valence-electron chi connectivity index (χ0n) is 6.51. The lowest BCUT2D eigenvalue weighted by Gasteiger charge is -2.25. The molecular formula is C7H15N3. The van der Waals surface area contributed by atoms with E-state index in [0.717, 1.165) is 13.1 Å². The van der Waals surface area contributed by atoms with Gasteiger partial charge in [0.25, 0.3) is 0 Å². The number of hydrogen-bond donors (Lipinski definition) is 1. The molecule has 0 unspecified atom stereocenters. The summed E-state index contributed by atoms with van der Waals surface area (Å²) in [5.41, 5.74) is 3.11. The third kappa shape index (κ3) is 2.35. The van der Waals surface area contributed by atoms with Gasteiger partial charge >= 0.3 is 0 Å². The van der Waals surface area contributed by atoms with Crippen LogP contribution in [0.25, 0.3) is 0 Å². The summed E-state index contributed by atoms with van der Waals surface area (Å²) in [6.07, 6.45) is 5.74. The van der Waals surface area contributed by atoms with Crippen LogP contribution in [0, 0.1) is 0 Å². The van der Waals surface area contributed by atoms with E-state index in [9.17, 15) is 0 Å². The van der Waals surface area contributed by atoms with Crippen LogP contribution >= 0.6 is 0 Å². The Morgan fingerprint density at radius 3 is 2.60 bits per heavy atom. The van der Waals surface area contributed by atoms with Gasteiger partial charge in [-0.05, 0) is 12.8 Å². The summed E-state index contributed by atoms with van der Waals surface area (Å²) >= 11 is 0. The van der Waals surface area contributed by atoms with Crippen molar-refractivity contribution < 1.29 is 0 Å². The summed E-state index contributed by atoms with van der Waals surface area (Å²) in [7, 11) is 1.77. The molecule has 0 radical (unpaired) electrons. The Bertz CT molecular complexity index is 105. The van der Waals surface area contributed by atoms with Gasteiger partial charge in [-0.1, -0.05) is 6.42 Å². The van der Waals surface area contributed by atoms with Crippen LogP contribution in [0.1, 0.15) is 19.3 Å². The quantitative estimate of drug-likeness (QED) is 0.451. The first-order valence-corrected chi connectivity index (χ1v) is 3.85. The van der Waals surface area contributed by atoms with E-state index in [4.69, 9.17) is 0 Å². The van der Waals surface area contributed by atoms with E-state index in [2.05, 4.69) is 15.4 Å². The Labute approximate surface area is 62.1 Å². The fourth-order valence-corrected chi connectivity index (χ4v) is 1.16. The lowest BCUT2D eigenvalue weighted by molar-refractivity contribution is 0.197. The number of aliphatic imine (C=N–C) groups is 1. The molecule has 1 fully saturated rings. The lowest BCUT2D eigenvalue weighted by Crippen LogP contribution is -2.40. The minimum absolute atomic E-state index is 1.16. The average molecular weight is 141 g/mol. The number of rotatable bonds is 2. The molecule has 58 valence electrons. The Hall–Kier alpha value is -0.570. The van der Waals surface area contributed by atoms with Gasteiger partial charge in [0.1, 0.15) is 0 Å². The fourth-order valence-electron chi connectivity index (χ4n) is 1.16. The number of piperidine rings is 1. The van der Waals surface area contributed by atoms with Crippen LogP contribution in [0.3, 0.4) is 0 Å². The Morgan fingerprint density at radius 1 is 1.30 bits per heavy atom. The zero-order valence-corrected chi connectivity index (χ0v) is 6.51. The van der Waals surface area contributed by atoms with Crippen LogP contribution in [0.5, 0.6) is 0 Å². The maximum atomic E-state index is 3.85. The molecule has 0 bridgehead atoms. The maximum absolute atomic E-state index is 3.85. The van der Waals surface area contributed by atoms with E-state index in [1.54, 1.807) is 13.4 Å². The summed E-state index contributed by atoms with van der Waals surface area (Å²) in [6.45, 7) is 2.32. The molecule has 1 heterocycles. The predicted octanol–water partition coefficient (Wildman–Crippen LogP) is 0.635. The average Bonchev–Trinajstić information content (AvgIpc) is 2.03. The van der Waals surface area contributed by atoms with E-state index in [1.165, 1.54) is 19.3 Å². The standard InChI is InChI=1S/C7H15N3/c1-8-7-9-10-5-3-2-4-6-10/h7H,2-6H2,1H3,(H,8,9). The SMILES string of the molecule is CN=CNN1CCCCC1. The number of nitrogens with one attached hydrogen (secondary N) is 1. The van der Waals surface area contributed by atoms with Crippen molar-refractivity contribution in [2.45, 2.75) is 19.3 Å². The van der Waals surface area contributed by atoms with Gasteiger partial charge in [-0.15, -0.1) is 0 Å². The highest BCUT2D eigenvalue weighted by atomic mass is 15.5. The van der Waals surface area contributed by atoms with Crippen LogP contribution in [0.15, 0.2) is 4.99 Å². The van der Waals surface area contributed by atoms with Gasteiger partial charge in [0.15, 0.2) is 0 Å². The van der Waals surface area contributed by atoms with E-state index < -0.39 is 0 Å². The smallest absolute Gasteiger partial charge is 0.0964 e. The molecule has 0 aromatic rings. The minimum atomic E-state index is 1.16. The highest BCUT2D eigenvalue weighted by Gasteiger charge is 2.06. The second kappa shape index (κ2) is 4.28. The monoisotopic (exact) mass is 141 g/mol. The molecule has 1 rings (SSSR count). The first-order chi connectivity index (χ1) is 4.93. The molecule has 0 atom stereocenters. The molecule has 1 aliphatic rings. The van der Waals surface area contributed by atoms with Gasteiger partial charge < -0.3 is 5.43 Å². The lowest BCUT2D eigenvalue weighted by atomic mass is 10.2. The zero-order chi connectivity index (χ0) is 7.23. The third-order valence-corrected chi connectivity index (χ3v) is 1.73. The summed E-state index contributed by atoms with van der Waals surface area (Å²) in [5.74, 6) is 0. The molecule has 0 aromatic heterocycles. The predicted molar refractivity (Wildman–Crippen MR) is 43.0 cm³/mol. The highest BCUT2D eigenvalue weighted by molar-refractivity contribution is 5.52. The van der Waals surface area contributed by atoms with Crippen molar-refractivity contribution in [3.05, 3.63) is 0 Å². The number of hydrogen-bond acceptors (Lipinski definition) is 2. The van der Waals surface area contributed by atoms with Gasteiger partial charge in [0.2, 0.25) is 0 Å². The molecular weight excluding hydrogens is 126 g/mol. The van der Waals surface area contributed by atoms with Gasteiger partial charge in [-0.25, -0.2) is 5.01 Å². The van der Waals surface area contributed by atoms with Crippen molar-refractivity contribution in [2.75, 3.05) is 20.1 Å². The second-order valence-electron chi connectivity index (χ2n) is 2.56. The largest absolute Gasteiger partial charge is 0.310 e. The van der Waals surface area contributed by atoms with E-state index in [-0.39, 0.29) is 0 Å². The molecule has 3 heteroatoms.